The Kier molecular flexibility index (Phi) is 13.2. The van der Waals surface area contributed by atoms with E-state index < -0.39 is 0 Å². The fourth-order valence-corrected chi connectivity index (χ4v) is 1.02. The second kappa shape index (κ2) is 12.6. The molecule has 0 unspecified atom stereocenters. The molecule has 98 valence electrons. The van der Waals surface area contributed by atoms with Gasteiger partial charge >= 0.3 is 6.03 Å². The van der Waals surface area contributed by atoms with Gasteiger partial charge in [0.2, 0.25) is 0 Å². The molecule has 1 aromatic carbocycles. The Morgan fingerprint density at radius 1 is 1.06 bits per heavy atom. The number of nitrogens with one attached hydrogen (secondary N) is 2. The summed E-state index contributed by atoms with van der Waals surface area (Å²) in [6.45, 7) is 10.1. The van der Waals surface area contributed by atoms with Gasteiger partial charge in [0.05, 0.1) is 0 Å². The Labute approximate surface area is 106 Å². The molecule has 3 nitrogen and oxygen atoms in total. The van der Waals surface area contributed by atoms with Crippen LogP contribution in [0.3, 0.4) is 0 Å². The molecule has 1 rings (SSSR count). The number of urea groups is 1. The second-order valence-electron chi connectivity index (χ2n) is 2.75. The summed E-state index contributed by atoms with van der Waals surface area (Å²) in [6.07, 6.45) is 1.01. The highest BCUT2D eigenvalue weighted by Crippen LogP contribution is 2.09. The lowest BCUT2D eigenvalue weighted by atomic mass is 10.1. The fraction of sp³-hybridized carbons (Fsp3) is 0.500. The van der Waals surface area contributed by atoms with Crippen LogP contribution < -0.4 is 10.6 Å². The van der Waals surface area contributed by atoms with Gasteiger partial charge in [0.25, 0.3) is 0 Å². The van der Waals surface area contributed by atoms with E-state index in [-0.39, 0.29) is 6.03 Å². The molecular formula is C14H26N2O. The lowest BCUT2D eigenvalue weighted by Crippen LogP contribution is -2.24. The van der Waals surface area contributed by atoms with Crippen LogP contribution in [0.15, 0.2) is 24.3 Å². The Hall–Kier alpha value is -1.51. The summed E-state index contributed by atoms with van der Waals surface area (Å²) >= 11 is 0. The highest BCUT2D eigenvalue weighted by molar-refractivity contribution is 5.88. The smallest absolute Gasteiger partial charge is 0.318 e. The zero-order chi connectivity index (χ0) is 13.7. The van der Waals surface area contributed by atoms with Crippen LogP contribution in [0.1, 0.15) is 40.2 Å². The molecule has 0 atom stereocenters. The van der Waals surface area contributed by atoms with E-state index in [2.05, 4.69) is 17.6 Å². The van der Waals surface area contributed by atoms with Crippen LogP contribution in [0.2, 0.25) is 0 Å². The van der Waals surface area contributed by atoms with Crippen molar-refractivity contribution < 1.29 is 4.79 Å². The van der Waals surface area contributed by atoms with Crippen molar-refractivity contribution in [3.05, 3.63) is 29.8 Å². The third kappa shape index (κ3) is 8.31. The first-order valence-electron chi connectivity index (χ1n) is 6.34. The minimum Gasteiger partial charge on any atom is -0.341 e. The first kappa shape index (κ1) is 17.9. The topological polar surface area (TPSA) is 41.1 Å². The number of carbonyl (C=O) groups is 1. The van der Waals surface area contributed by atoms with Gasteiger partial charge in [0.1, 0.15) is 0 Å². The summed E-state index contributed by atoms with van der Waals surface area (Å²) < 4.78 is 0. The van der Waals surface area contributed by atoms with Crippen molar-refractivity contribution in [2.75, 3.05) is 12.4 Å². The number of hydrogen-bond acceptors (Lipinski definition) is 1. The summed E-state index contributed by atoms with van der Waals surface area (Å²) in [7, 11) is 1.59. The van der Waals surface area contributed by atoms with E-state index >= 15 is 0 Å². The molecule has 3 heteroatoms. The van der Waals surface area contributed by atoms with Gasteiger partial charge in [-0.25, -0.2) is 4.79 Å². The van der Waals surface area contributed by atoms with Crippen molar-refractivity contribution >= 4 is 11.7 Å². The molecule has 0 fully saturated rings. The van der Waals surface area contributed by atoms with Crippen LogP contribution in [-0.2, 0) is 6.42 Å². The largest absolute Gasteiger partial charge is 0.341 e. The average Bonchev–Trinajstić information content (AvgIpc) is 2.44. The van der Waals surface area contributed by atoms with E-state index in [0.29, 0.717) is 0 Å². The number of carbonyl (C=O) groups excluding carboxylic acids is 1. The van der Waals surface area contributed by atoms with Gasteiger partial charge in [-0.1, -0.05) is 46.8 Å². The predicted molar refractivity (Wildman–Crippen MR) is 76.6 cm³/mol. The van der Waals surface area contributed by atoms with Gasteiger partial charge < -0.3 is 10.6 Å². The van der Waals surface area contributed by atoms with Crippen molar-refractivity contribution in [1.29, 1.82) is 0 Å². The van der Waals surface area contributed by atoms with Crippen LogP contribution >= 0.6 is 0 Å². The Bertz CT molecular complexity index is 281. The third-order valence-corrected chi connectivity index (χ3v) is 1.85. The Balaban J connectivity index is 0. The van der Waals surface area contributed by atoms with Crippen LogP contribution in [0.25, 0.3) is 0 Å². The SMILES string of the molecule is CC.CC.CCc1ccc(NC(=O)NC)cc1. The van der Waals surface area contributed by atoms with Gasteiger partial charge in [0, 0.05) is 12.7 Å². The van der Waals surface area contributed by atoms with Crippen molar-refractivity contribution in [1.82, 2.24) is 5.32 Å². The first-order valence-corrected chi connectivity index (χ1v) is 6.34. The Morgan fingerprint density at radius 3 is 1.88 bits per heavy atom. The molecule has 0 aliphatic heterocycles. The van der Waals surface area contributed by atoms with E-state index in [1.165, 1.54) is 5.56 Å². The molecule has 0 aliphatic rings. The van der Waals surface area contributed by atoms with E-state index in [0.717, 1.165) is 12.1 Å². The number of aryl methyl sites for hydroxylation is 1. The van der Waals surface area contributed by atoms with Crippen molar-refractivity contribution in [3.8, 4) is 0 Å². The molecule has 2 N–H and O–H groups in total. The van der Waals surface area contributed by atoms with E-state index in [1.54, 1.807) is 7.05 Å². The molecule has 0 bridgehead atoms. The lowest BCUT2D eigenvalue weighted by molar-refractivity contribution is 0.254. The highest BCUT2D eigenvalue weighted by atomic mass is 16.2. The first-order chi connectivity index (χ1) is 8.26. The van der Waals surface area contributed by atoms with Crippen LogP contribution in [0.4, 0.5) is 10.5 Å². The number of benzene rings is 1. The summed E-state index contributed by atoms with van der Waals surface area (Å²) in [5, 5.41) is 5.18. The van der Waals surface area contributed by atoms with Crippen LogP contribution in [0, 0.1) is 0 Å². The number of rotatable bonds is 2. The van der Waals surface area contributed by atoms with Crippen LogP contribution in [0.5, 0.6) is 0 Å². The summed E-state index contributed by atoms with van der Waals surface area (Å²) in [6, 6.07) is 7.61. The molecule has 0 saturated carbocycles. The molecule has 0 spiro atoms. The Morgan fingerprint density at radius 2 is 1.53 bits per heavy atom. The van der Waals surface area contributed by atoms with Crippen LogP contribution in [-0.4, -0.2) is 13.1 Å². The molecule has 1 aromatic rings. The summed E-state index contributed by atoms with van der Waals surface area (Å²) in [5.41, 5.74) is 2.08. The number of hydrogen-bond donors (Lipinski definition) is 2. The molecule has 2 amide bonds. The fourth-order valence-electron chi connectivity index (χ4n) is 1.02. The second-order valence-corrected chi connectivity index (χ2v) is 2.75. The maximum atomic E-state index is 10.9. The molecule has 0 aromatic heterocycles. The molecular weight excluding hydrogens is 212 g/mol. The standard InChI is InChI=1S/C10H14N2O.2C2H6/c1-3-8-4-6-9(7-5-8)12-10(13)11-2;2*1-2/h4-7H,3H2,1-2H3,(H2,11,12,13);2*1-2H3. The van der Waals surface area contributed by atoms with Gasteiger partial charge in [-0.05, 0) is 24.1 Å². The van der Waals surface area contributed by atoms with Gasteiger partial charge in [-0.15, -0.1) is 0 Å². The number of amides is 2. The molecule has 0 heterocycles. The quantitative estimate of drug-likeness (QED) is 0.801. The monoisotopic (exact) mass is 238 g/mol. The molecule has 0 aliphatic carbocycles. The van der Waals surface area contributed by atoms with Gasteiger partial charge in [-0.2, -0.15) is 0 Å². The third-order valence-electron chi connectivity index (χ3n) is 1.85. The van der Waals surface area contributed by atoms with Gasteiger partial charge in [-0.3, -0.25) is 0 Å². The minimum absolute atomic E-state index is 0.191. The van der Waals surface area contributed by atoms with E-state index in [4.69, 9.17) is 0 Å². The predicted octanol–water partition coefficient (Wildman–Crippen LogP) is 4.05. The summed E-state index contributed by atoms with van der Waals surface area (Å²) in [5.74, 6) is 0. The summed E-state index contributed by atoms with van der Waals surface area (Å²) in [4.78, 5) is 10.9. The normalized spacial score (nSPS) is 7.88. The van der Waals surface area contributed by atoms with Crippen molar-refractivity contribution in [3.63, 3.8) is 0 Å². The van der Waals surface area contributed by atoms with Crippen molar-refractivity contribution in [2.24, 2.45) is 0 Å². The molecule has 0 radical (unpaired) electrons. The maximum absolute atomic E-state index is 10.9. The van der Waals surface area contributed by atoms with E-state index in [1.807, 2.05) is 52.0 Å². The van der Waals surface area contributed by atoms with Gasteiger partial charge in [0.15, 0.2) is 0 Å². The zero-order valence-electron chi connectivity index (χ0n) is 11.9. The molecule has 0 saturated heterocycles. The zero-order valence-corrected chi connectivity index (χ0v) is 11.9. The average molecular weight is 238 g/mol. The van der Waals surface area contributed by atoms with Crippen molar-refractivity contribution in [2.45, 2.75) is 41.0 Å². The highest BCUT2D eigenvalue weighted by Gasteiger charge is 1.96. The lowest BCUT2D eigenvalue weighted by Gasteiger charge is -2.04. The van der Waals surface area contributed by atoms with E-state index in [9.17, 15) is 4.79 Å². The maximum Gasteiger partial charge on any atom is 0.318 e. The molecule has 17 heavy (non-hydrogen) atoms. The minimum atomic E-state index is -0.191. The number of anilines is 1.